The zero-order valence-corrected chi connectivity index (χ0v) is 13.9. The van der Waals surface area contributed by atoms with Crippen molar-refractivity contribution in [2.75, 3.05) is 36.0 Å². The third-order valence-corrected chi connectivity index (χ3v) is 5.22. The highest BCUT2D eigenvalue weighted by molar-refractivity contribution is 5.58. The molecule has 6 nitrogen and oxygen atoms in total. The topological polar surface area (TPSA) is 49.6 Å². The highest BCUT2D eigenvalue weighted by Crippen LogP contribution is 2.31. The van der Waals surface area contributed by atoms with Gasteiger partial charge in [-0.2, -0.15) is 0 Å². The fraction of sp³-hybridized carbons (Fsp3) is 0.389. The molecule has 0 saturated carbocycles. The predicted molar refractivity (Wildman–Crippen MR) is 93.6 cm³/mol. The van der Waals surface area contributed by atoms with Gasteiger partial charge in [-0.25, -0.2) is 9.37 Å². The Balaban J connectivity index is 1.44. The van der Waals surface area contributed by atoms with E-state index in [2.05, 4.69) is 25.0 Å². The van der Waals surface area contributed by atoms with Crippen LogP contribution in [0.5, 0.6) is 0 Å². The van der Waals surface area contributed by atoms with E-state index in [0.717, 1.165) is 51.1 Å². The van der Waals surface area contributed by atoms with Crippen LogP contribution >= 0.6 is 0 Å². The molecule has 0 N–H and O–H groups in total. The molecule has 0 unspecified atom stereocenters. The Morgan fingerprint density at radius 1 is 0.920 bits per heavy atom. The molecule has 0 atom stereocenters. The van der Waals surface area contributed by atoms with Gasteiger partial charge in [-0.1, -0.05) is 0 Å². The Morgan fingerprint density at radius 3 is 2.48 bits per heavy atom. The van der Waals surface area contributed by atoms with Crippen LogP contribution in [-0.4, -0.2) is 45.8 Å². The fourth-order valence-electron chi connectivity index (χ4n) is 3.98. The maximum absolute atomic E-state index is 13.1. The average molecular weight is 338 g/mol. The zero-order chi connectivity index (χ0) is 16.8. The second-order valence-electron chi connectivity index (χ2n) is 6.67. The zero-order valence-electron chi connectivity index (χ0n) is 13.9. The first-order valence-electron chi connectivity index (χ1n) is 8.76. The van der Waals surface area contributed by atoms with E-state index in [9.17, 15) is 4.39 Å². The van der Waals surface area contributed by atoms with E-state index < -0.39 is 0 Å². The van der Waals surface area contributed by atoms with E-state index in [1.165, 1.54) is 29.2 Å². The van der Waals surface area contributed by atoms with Crippen molar-refractivity contribution < 1.29 is 4.39 Å². The van der Waals surface area contributed by atoms with Gasteiger partial charge in [0.2, 0.25) is 0 Å². The first-order valence-corrected chi connectivity index (χ1v) is 8.76. The van der Waals surface area contributed by atoms with Crippen LogP contribution in [0, 0.1) is 5.82 Å². The second-order valence-corrected chi connectivity index (χ2v) is 6.67. The van der Waals surface area contributed by atoms with Crippen molar-refractivity contribution >= 4 is 17.3 Å². The van der Waals surface area contributed by atoms with Crippen molar-refractivity contribution in [3.63, 3.8) is 0 Å². The molecule has 2 aliphatic rings. The second kappa shape index (κ2) is 5.68. The molecule has 0 amide bonds. The summed E-state index contributed by atoms with van der Waals surface area (Å²) in [5, 5.41) is 8.20. The Hall–Kier alpha value is -2.70. The molecule has 2 aromatic heterocycles. The minimum atomic E-state index is -0.190. The molecule has 3 heterocycles. The first kappa shape index (κ1) is 14.6. The van der Waals surface area contributed by atoms with Gasteiger partial charge in [-0.3, -0.25) is 4.40 Å². The number of piperazine rings is 1. The summed E-state index contributed by atoms with van der Waals surface area (Å²) in [6, 6.07) is 6.76. The van der Waals surface area contributed by atoms with E-state index >= 15 is 0 Å². The van der Waals surface area contributed by atoms with Gasteiger partial charge in [0, 0.05) is 37.4 Å². The van der Waals surface area contributed by atoms with Gasteiger partial charge in [0.1, 0.15) is 18.0 Å². The van der Waals surface area contributed by atoms with Gasteiger partial charge in [0.15, 0.2) is 0 Å². The van der Waals surface area contributed by atoms with Crippen molar-refractivity contribution in [1.82, 2.24) is 19.6 Å². The average Bonchev–Trinajstić information content (AvgIpc) is 3.29. The third kappa shape index (κ3) is 2.42. The van der Waals surface area contributed by atoms with Gasteiger partial charge in [-0.15, -0.1) is 10.2 Å². The molecule has 7 heteroatoms. The highest BCUT2D eigenvalue weighted by Gasteiger charge is 2.26. The van der Waals surface area contributed by atoms with Gasteiger partial charge < -0.3 is 9.80 Å². The van der Waals surface area contributed by atoms with Crippen LogP contribution in [0.3, 0.4) is 0 Å². The molecule has 1 fully saturated rings. The number of rotatable bonds is 2. The van der Waals surface area contributed by atoms with Crippen molar-refractivity contribution in [2.24, 2.45) is 0 Å². The van der Waals surface area contributed by atoms with E-state index in [0.29, 0.717) is 5.78 Å². The number of halogens is 1. The summed E-state index contributed by atoms with van der Waals surface area (Å²) in [4.78, 5) is 9.38. The minimum absolute atomic E-state index is 0.190. The van der Waals surface area contributed by atoms with Crippen LogP contribution in [0.25, 0.3) is 5.78 Å². The number of hydrogen-bond donors (Lipinski definition) is 0. The van der Waals surface area contributed by atoms with Crippen LogP contribution < -0.4 is 9.80 Å². The number of benzene rings is 1. The van der Waals surface area contributed by atoms with Crippen LogP contribution in [0.15, 0.2) is 30.6 Å². The van der Waals surface area contributed by atoms with Crippen molar-refractivity contribution in [1.29, 1.82) is 0 Å². The lowest BCUT2D eigenvalue weighted by Crippen LogP contribution is -2.47. The molecular formula is C18H19FN6. The third-order valence-electron chi connectivity index (χ3n) is 5.22. The Bertz CT molecular complexity index is 911. The molecule has 1 aliphatic carbocycles. The summed E-state index contributed by atoms with van der Waals surface area (Å²) in [7, 11) is 0. The van der Waals surface area contributed by atoms with Gasteiger partial charge in [0.05, 0.1) is 5.69 Å². The molecule has 0 spiro atoms. The quantitative estimate of drug-likeness (QED) is 0.716. The normalized spacial score (nSPS) is 17.3. The lowest BCUT2D eigenvalue weighted by Gasteiger charge is -2.38. The van der Waals surface area contributed by atoms with Crippen molar-refractivity contribution in [3.05, 3.63) is 47.7 Å². The summed E-state index contributed by atoms with van der Waals surface area (Å²) in [5.41, 5.74) is 3.61. The number of aryl methyl sites for hydroxylation is 1. The molecule has 1 aromatic carbocycles. The Labute approximate surface area is 144 Å². The maximum atomic E-state index is 13.1. The Kier molecular flexibility index (Phi) is 3.33. The van der Waals surface area contributed by atoms with Crippen LogP contribution in [0.1, 0.15) is 17.7 Å². The Morgan fingerprint density at radius 2 is 1.68 bits per heavy atom. The molecule has 1 saturated heterocycles. The summed E-state index contributed by atoms with van der Waals surface area (Å²) in [6.45, 7) is 3.65. The minimum Gasteiger partial charge on any atom is -0.368 e. The SMILES string of the molecule is Fc1ccc(N2CCN(c3c4c(nc5nncn35)CCC4)CC2)cc1. The lowest BCUT2D eigenvalue weighted by atomic mass is 10.2. The fourth-order valence-corrected chi connectivity index (χ4v) is 3.98. The van der Waals surface area contributed by atoms with Crippen LogP contribution in [-0.2, 0) is 12.8 Å². The number of hydrogen-bond acceptors (Lipinski definition) is 5. The summed E-state index contributed by atoms with van der Waals surface area (Å²) >= 11 is 0. The van der Waals surface area contributed by atoms with Crippen molar-refractivity contribution in [2.45, 2.75) is 19.3 Å². The number of aromatic nitrogens is 4. The van der Waals surface area contributed by atoms with Gasteiger partial charge in [0.25, 0.3) is 5.78 Å². The van der Waals surface area contributed by atoms with E-state index in [-0.39, 0.29) is 5.82 Å². The van der Waals surface area contributed by atoms with E-state index in [4.69, 9.17) is 0 Å². The lowest BCUT2D eigenvalue weighted by molar-refractivity contribution is 0.623. The highest BCUT2D eigenvalue weighted by atomic mass is 19.1. The van der Waals surface area contributed by atoms with Crippen molar-refractivity contribution in [3.8, 4) is 0 Å². The number of anilines is 2. The summed E-state index contributed by atoms with van der Waals surface area (Å²) in [5.74, 6) is 1.71. The molecule has 128 valence electrons. The van der Waals surface area contributed by atoms with Gasteiger partial charge >= 0.3 is 0 Å². The number of nitrogens with zero attached hydrogens (tertiary/aromatic N) is 6. The van der Waals surface area contributed by atoms with Gasteiger partial charge in [-0.05, 0) is 43.5 Å². The predicted octanol–water partition coefficient (Wildman–Crippen LogP) is 2.08. The summed E-state index contributed by atoms with van der Waals surface area (Å²) in [6.07, 6.45) is 5.03. The van der Waals surface area contributed by atoms with Crippen LogP contribution in [0.4, 0.5) is 15.9 Å². The standard InChI is InChI=1S/C18H19FN6/c19-13-4-6-14(7-5-13)23-8-10-24(11-9-23)17-15-2-1-3-16(15)21-18-22-20-12-25(17)18/h4-7,12H,1-3,8-11H2. The first-order chi connectivity index (χ1) is 12.3. The molecular weight excluding hydrogens is 319 g/mol. The molecule has 0 radical (unpaired) electrons. The maximum Gasteiger partial charge on any atom is 0.256 e. The molecule has 25 heavy (non-hydrogen) atoms. The number of fused-ring (bicyclic) bond motifs is 2. The molecule has 3 aromatic rings. The van der Waals surface area contributed by atoms with E-state index in [1.54, 1.807) is 6.33 Å². The van der Waals surface area contributed by atoms with Crippen LogP contribution in [0.2, 0.25) is 0 Å². The molecule has 5 rings (SSSR count). The smallest absolute Gasteiger partial charge is 0.256 e. The summed E-state index contributed by atoms with van der Waals surface area (Å²) < 4.78 is 15.2. The molecule has 1 aliphatic heterocycles. The van der Waals surface area contributed by atoms with E-state index in [1.807, 2.05) is 16.5 Å². The largest absolute Gasteiger partial charge is 0.368 e. The molecule has 0 bridgehead atoms. The monoisotopic (exact) mass is 338 g/mol.